The van der Waals surface area contributed by atoms with Crippen LogP contribution in [0.15, 0.2) is 18.2 Å². The number of hydrogen-bond donors (Lipinski definition) is 1. The summed E-state index contributed by atoms with van der Waals surface area (Å²) >= 11 is 0. The number of methoxy groups -OCH3 is 2. The molecule has 3 heterocycles. The van der Waals surface area contributed by atoms with Crippen LogP contribution in [-0.2, 0) is 6.42 Å². The molecule has 1 aromatic carbocycles. The zero-order chi connectivity index (χ0) is 14.1. The van der Waals surface area contributed by atoms with Crippen LogP contribution in [0.5, 0.6) is 11.5 Å². The van der Waals surface area contributed by atoms with E-state index in [-0.39, 0.29) is 12.1 Å². The van der Waals surface area contributed by atoms with Crippen LogP contribution in [0, 0.1) is 5.92 Å². The zero-order valence-corrected chi connectivity index (χ0v) is 12.2. The van der Waals surface area contributed by atoms with E-state index < -0.39 is 0 Å². The normalized spacial score (nSPS) is 32.1. The first-order chi connectivity index (χ1) is 9.72. The highest BCUT2D eigenvalue weighted by molar-refractivity contribution is 5.43. The zero-order valence-electron chi connectivity index (χ0n) is 12.2. The highest BCUT2D eigenvalue weighted by Crippen LogP contribution is 2.35. The molecule has 3 saturated heterocycles. The van der Waals surface area contributed by atoms with Crippen molar-refractivity contribution in [2.24, 2.45) is 5.92 Å². The van der Waals surface area contributed by atoms with Crippen LogP contribution in [0.25, 0.3) is 0 Å². The van der Waals surface area contributed by atoms with Gasteiger partial charge in [-0.25, -0.2) is 0 Å². The third-order valence-corrected chi connectivity index (χ3v) is 4.81. The molecule has 3 aliphatic rings. The van der Waals surface area contributed by atoms with Gasteiger partial charge in [-0.1, -0.05) is 6.07 Å². The number of fused-ring (bicyclic) bond motifs is 3. The fourth-order valence-electron chi connectivity index (χ4n) is 3.62. The Morgan fingerprint density at radius 2 is 1.85 bits per heavy atom. The van der Waals surface area contributed by atoms with Crippen LogP contribution in [0.1, 0.15) is 18.4 Å². The van der Waals surface area contributed by atoms with E-state index in [0.29, 0.717) is 5.92 Å². The van der Waals surface area contributed by atoms with Crippen LogP contribution >= 0.6 is 0 Å². The van der Waals surface area contributed by atoms with E-state index in [2.05, 4.69) is 11.0 Å². The monoisotopic (exact) mass is 277 g/mol. The van der Waals surface area contributed by atoms with Gasteiger partial charge in [-0.05, 0) is 56.0 Å². The third kappa shape index (κ3) is 2.38. The first kappa shape index (κ1) is 13.7. The van der Waals surface area contributed by atoms with Gasteiger partial charge in [-0.3, -0.25) is 4.90 Å². The van der Waals surface area contributed by atoms with E-state index in [9.17, 15) is 5.11 Å². The number of aliphatic hydroxyl groups is 1. The summed E-state index contributed by atoms with van der Waals surface area (Å²) in [6, 6.07) is 6.28. The van der Waals surface area contributed by atoms with Crippen molar-refractivity contribution in [3.8, 4) is 11.5 Å². The minimum absolute atomic E-state index is 0.189. The lowest BCUT2D eigenvalue weighted by molar-refractivity contribution is -0.0715. The fourth-order valence-corrected chi connectivity index (χ4v) is 3.62. The fraction of sp³-hybridized carbons (Fsp3) is 0.625. The smallest absolute Gasteiger partial charge is 0.160 e. The van der Waals surface area contributed by atoms with Gasteiger partial charge in [0.05, 0.1) is 20.3 Å². The van der Waals surface area contributed by atoms with Gasteiger partial charge in [0, 0.05) is 6.04 Å². The van der Waals surface area contributed by atoms with Crippen LogP contribution in [0.2, 0.25) is 0 Å². The van der Waals surface area contributed by atoms with E-state index in [0.717, 1.165) is 43.9 Å². The molecule has 0 spiro atoms. The van der Waals surface area contributed by atoms with Gasteiger partial charge in [-0.15, -0.1) is 0 Å². The summed E-state index contributed by atoms with van der Waals surface area (Å²) < 4.78 is 10.6. The molecule has 0 saturated carbocycles. The lowest BCUT2D eigenvalue weighted by atomic mass is 9.78. The van der Waals surface area contributed by atoms with Crippen molar-refractivity contribution in [3.63, 3.8) is 0 Å². The molecule has 4 rings (SSSR count). The number of nitrogens with zero attached hydrogens (tertiary/aromatic N) is 1. The highest BCUT2D eigenvalue weighted by atomic mass is 16.5. The molecule has 20 heavy (non-hydrogen) atoms. The van der Waals surface area contributed by atoms with Gasteiger partial charge in [0.1, 0.15) is 0 Å². The average Bonchev–Trinajstić information content (AvgIpc) is 2.51. The molecule has 0 aromatic heterocycles. The summed E-state index contributed by atoms with van der Waals surface area (Å²) in [7, 11) is 3.30. The van der Waals surface area contributed by atoms with Gasteiger partial charge in [-0.2, -0.15) is 0 Å². The van der Waals surface area contributed by atoms with Gasteiger partial charge in [0.25, 0.3) is 0 Å². The Labute approximate surface area is 120 Å². The molecule has 0 amide bonds. The second-order valence-electron chi connectivity index (χ2n) is 5.82. The Bertz CT molecular complexity index is 467. The second kappa shape index (κ2) is 5.62. The number of ether oxygens (including phenoxy) is 2. The van der Waals surface area contributed by atoms with Crippen LogP contribution in [0.3, 0.4) is 0 Å². The first-order valence-corrected chi connectivity index (χ1v) is 7.36. The summed E-state index contributed by atoms with van der Waals surface area (Å²) in [6.07, 6.45) is 2.97. The van der Waals surface area contributed by atoms with Crippen molar-refractivity contribution >= 4 is 0 Å². The second-order valence-corrected chi connectivity index (χ2v) is 5.82. The summed E-state index contributed by atoms with van der Waals surface area (Å²) in [5.74, 6) is 2.00. The van der Waals surface area contributed by atoms with E-state index >= 15 is 0 Å². The minimum atomic E-state index is -0.189. The van der Waals surface area contributed by atoms with Gasteiger partial charge in [0.2, 0.25) is 0 Å². The maximum absolute atomic E-state index is 10.5. The predicted molar refractivity (Wildman–Crippen MR) is 77.3 cm³/mol. The molecule has 4 heteroatoms. The summed E-state index contributed by atoms with van der Waals surface area (Å²) in [5.41, 5.74) is 1.19. The van der Waals surface area contributed by atoms with E-state index in [1.165, 1.54) is 5.56 Å². The molecule has 0 radical (unpaired) electrons. The van der Waals surface area contributed by atoms with Crippen molar-refractivity contribution < 1.29 is 14.6 Å². The lowest BCUT2D eigenvalue weighted by Crippen LogP contribution is -2.58. The molecule has 110 valence electrons. The molecule has 2 atom stereocenters. The molecule has 1 aromatic rings. The first-order valence-electron chi connectivity index (χ1n) is 7.36. The third-order valence-electron chi connectivity index (χ3n) is 4.81. The van der Waals surface area contributed by atoms with Crippen molar-refractivity contribution in [1.29, 1.82) is 0 Å². The number of rotatable bonds is 4. The Balaban J connectivity index is 1.77. The summed E-state index contributed by atoms with van der Waals surface area (Å²) in [4.78, 5) is 2.43. The topological polar surface area (TPSA) is 41.9 Å². The number of benzene rings is 1. The standard InChI is InChI=1S/C16H23NO3/c1-19-14-4-3-11(10-15(14)20-2)9-13-16(18)12-5-7-17(13)8-6-12/h3-4,10,12-13,16,18H,5-9H2,1-2H3. The van der Waals surface area contributed by atoms with E-state index in [1.54, 1.807) is 14.2 Å². The maximum Gasteiger partial charge on any atom is 0.160 e. The number of piperidine rings is 3. The van der Waals surface area contributed by atoms with Crippen molar-refractivity contribution in [3.05, 3.63) is 23.8 Å². The molecule has 3 aliphatic heterocycles. The molecular formula is C16H23NO3. The largest absolute Gasteiger partial charge is 0.493 e. The van der Waals surface area contributed by atoms with Crippen LogP contribution in [-0.4, -0.2) is 49.5 Å². The number of hydrogen-bond acceptors (Lipinski definition) is 4. The summed E-state index contributed by atoms with van der Waals surface area (Å²) in [6.45, 7) is 2.25. The van der Waals surface area contributed by atoms with E-state index in [1.807, 2.05) is 12.1 Å². The molecule has 3 fully saturated rings. The number of aliphatic hydroxyl groups excluding tert-OH is 1. The molecule has 0 aliphatic carbocycles. The Kier molecular flexibility index (Phi) is 3.85. The predicted octanol–water partition coefficient (Wildman–Crippen LogP) is 1.70. The molecule has 2 bridgehead atoms. The molecule has 1 N–H and O–H groups in total. The van der Waals surface area contributed by atoms with Crippen LogP contribution < -0.4 is 9.47 Å². The van der Waals surface area contributed by atoms with Crippen molar-refractivity contribution in [2.45, 2.75) is 31.4 Å². The van der Waals surface area contributed by atoms with Crippen LogP contribution in [0.4, 0.5) is 0 Å². The van der Waals surface area contributed by atoms with Gasteiger partial charge >= 0.3 is 0 Å². The lowest BCUT2D eigenvalue weighted by Gasteiger charge is -2.49. The molecule has 2 unspecified atom stereocenters. The summed E-state index contributed by atoms with van der Waals surface area (Å²) in [5, 5.41) is 10.5. The van der Waals surface area contributed by atoms with Gasteiger partial charge < -0.3 is 14.6 Å². The SMILES string of the molecule is COc1ccc(CC2C(O)C3CCN2CC3)cc1OC. The van der Waals surface area contributed by atoms with Gasteiger partial charge in [0.15, 0.2) is 11.5 Å². The Morgan fingerprint density at radius 1 is 1.15 bits per heavy atom. The quantitative estimate of drug-likeness (QED) is 0.909. The maximum atomic E-state index is 10.5. The highest BCUT2D eigenvalue weighted by Gasteiger charge is 2.40. The van der Waals surface area contributed by atoms with E-state index in [4.69, 9.17) is 9.47 Å². The van der Waals surface area contributed by atoms with Crippen molar-refractivity contribution in [2.75, 3.05) is 27.3 Å². The Hall–Kier alpha value is -1.26. The molecular weight excluding hydrogens is 254 g/mol. The average molecular weight is 277 g/mol. The molecule has 4 nitrogen and oxygen atoms in total. The minimum Gasteiger partial charge on any atom is -0.493 e. The van der Waals surface area contributed by atoms with Crippen molar-refractivity contribution in [1.82, 2.24) is 4.90 Å². The Morgan fingerprint density at radius 3 is 2.45 bits per heavy atom.